The van der Waals surface area contributed by atoms with Crippen LogP contribution in [0, 0.1) is 13.2 Å². The van der Waals surface area contributed by atoms with Crippen LogP contribution in [0.15, 0.2) is 60.7 Å². The molecule has 166 valence electrons. The Balaban J connectivity index is 1.78. The van der Waals surface area contributed by atoms with Gasteiger partial charge < -0.3 is 9.47 Å². The Labute approximate surface area is 181 Å². The second-order valence-electron chi connectivity index (χ2n) is 6.19. The van der Waals surface area contributed by atoms with E-state index in [0.717, 1.165) is 6.42 Å². The summed E-state index contributed by atoms with van der Waals surface area (Å²) in [4.78, 5) is 43.5. The number of rotatable bonds is 15. The van der Waals surface area contributed by atoms with Gasteiger partial charge in [-0.1, -0.05) is 43.3 Å². The monoisotopic (exact) mass is 430 g/mol. The average molecular weight is 430 g/mol. The van der Waals surface area contributed by atoms with Crippen molar-refractivity contribution in [3.63, 3.8) is 0 Å². The fraction of sp³-hybridized carbons (Fsp3) is 0.304. The lowest BCUT2D eigenvalue weighted by Crippen LogP contribution is -2.18. The molecule has 0 bridgehead atoms. The van der Waals surface area contributed by atoms with E-state index >= 15 is 0 Å². The Morgan fingerprint density at radius 2 is 1.13 bits per heavy atom. The van der Waals surface area contributed by atoms with Gasteiger partial charge in [0, 0.05) is 26.2 Å². The van der Waals surface area contributed by atoms with E-state index in [1.165, 1.54) is 0 Å². The molecule has 2 rings (SSSR count). The van der Waals surface area contributed by atoms with Gasteiger partial charge in [-0.3, -0.25) is 9.78 Å². The maximum Gasteiger partial charge on any atom is 0.373 e. The molecule has 2 radical (unpaired) electrons. The predicted molar refractivity (Wildman–Crippen MR) is 110 cm³/mol. The Morgan fingerprint density at radius 1 is 0.645 bits per heavy atom. The van der Waals surface area contributed by atoms with Gasteiger partial charge in [0.2, 0.25) is 0 Å². The molecule has 0 aliphatic carbocycles. The second-order valence-corrected chi connectivity index (χ2v) is 6.19. The highest BCUT2D eigenvalue weighted by Gasteiger charge is 2.21. The van der Waals surface area contributed by atoms with Gasteiger partial charge in [0.25, 0.3) is 0 Å². The molecule has 0 saturated heterocycles. The lowest BCUT2D eigenvalue weighted by molar-refractivity contribution is -0.364. The third kappa shape index (κ3) is 10.2. The van der Waals surface area contributed by atoms with Crippen LogP contribution in [0.25, 0.3) is 0 Å². The van der Waals surface area contributed by atoms with E-state index < -0.39 is 11.9 Å². The lowest BCUT2D eigenvalue weighted by atomic mass is 10.2. The highest BCUT2D eigenvalue weighted by Crippen LogP contribution is 2.15. The SMILES string of the molecule is [CH2]CCOCCCOCC[C](OOC(=O)c1ccccc1)OOC(=O)c1ccccc1. The van der Waals surface area contributed by atoms with E-state index in [1.807, 2.05) is 0 Å². The van der Waals surface area contributed by atoms with E-state index in [9.17, 15) is 9.59 Å². The molecule has 0 aliphatic rings. The van der Waals surface area contributed by atoms with E-state index in [0.29, 0.717) is 37.4 Å². The average Bonchev–Trinajstić information content (AvgIpc) is 2.82. The zero-order valence-corrected chi connectivity index (χ0v) is 17.2. The van der Waals surface area contributed by atoms with Crippen LogP contribution in [0.5, 0.6) is 0 Å². The van der Waals surface area contributed by atoms with Crippen molar-refractivity contribution in [2.24, 2.45) is 0 Å². The molecule has 0 aliphatic heterocycles. The van der Waals surface area contributed by atoms with E-state index in [1.54, 1.807) is 60.7 Å². The predicted octanol–water partition coefficient (Wildman–Crippen LogP) is 4.09. The van der Waals surface area contributed by atoms with Gasteiger partial charge in [-0.25, -0.2) is 9.59 Å². The van der Waals surface area contributed by atoms with Crippen molar-refractivity contribution in [1.82, 2.24) is 0 Å². The van der Waals surface area contributed by atoms with Gasteiger partial charge in [-0.05, 0) is 37.1 Å². The first-order valence-corrected chi connectivity index (χ1v) is 9.89. The van der Waals surface area contributed by atoms with Crippen molar-refractivity contribution in [3.05, 3.63) is 85.0 Å². The Bertz CT molecular complexity index is 695. The normalized spacial score (nSPS) is 10.8. The summed E-state index contributed by atoms with van der Waals surface area (Å²) in [6, 6.07) is 16.6. The molecule has 0 saturated carbocycles. The summed E-state index contributed by atoms with van der Waals surface area (Å²) in [5.41, 5.74) is 0.586. The molecule has 2 aromatic rings. The molecule has 0 heterocycles. The minimum atomic E-state index is -0.723. The molecule has 0 aromatic heterocycles. The molecule has 0 N–H and O–H groups in total. The summed E-state index contributed by atoms with van der Waals surface area (Å²) >= 11 is 0. The summed E-state index contributed by atoms with van der Waals surface area (Å²) < 4.78 is 10.8. The molecular formula is C23H26O8. The van der Waals surface area contributed by atoms with Crippen molar-refractivity contribution in [2.45, 2.75) is 19.3 Å². The van der Waals surface area contributed by atoms with Crippen LogP contribution in [-0.4, -0.2) is 38.4 Å². The van der Waals surface area contributed by atoms with Gasteiger partial charge in [0.05, 0.1) is 17.7 Å². The van der Waals surface area contributed by atoms with Gasteiger partial charge in [0.1, 0.15) is 0 Å². The quantitative estimate of drug-likeness (QED) is 0.237. The van der Waals surface area contributed by atoms with Crippen molar-refractivity contribution in [2.75, 3.05) is 26.4 Å². The van der Waals surface area contributed by atoms with Crippen LogP contribution in [0.4, 0.5) is 0 Å². The third-order valence-corrected chi connectivity index (χ3v) is 3.76. The van der Waals surface area contributed by atoms with Gasteiger partial charge >= 0.3 is 18.2 Å². The Morgan fingerprint density at radius 3 is 1.61 bits per heavy atom. The van der Waals surface area contributed by atoms with Crippen LogP contribution in [0.3, 0.4) is 0 Å². The fourth-order valence-electron chi connectivity index (χ4n) is 2.24. The number of carbonyl (C=O) groups is 2. The smallest absolute Gasteiger partial charge is 0.373 e. The minimum absolute atomic E-state index is 0.0733. The van der Waals surface area contributed by atoms with Crippen molar-refractivity contribution < 1.29 is 38.6 Å². The molecule has 31 heavy (non-hydrogen) atoms. The largest absolute Gasteiger partial charge is 0.381 e. The van der Waals surface area contributed by atoms with Crippen LogP contribution < -0.4 is 0 Å². The summed E-state index contributed by atoms with van der Waals surface area (Å²) in [5, 5.41) is 0. The first-order valence-electron chi connectivity index (χ1n) is 9.89. The van der Waals surface area contributed by atoms with E-state index in [4.69, 9.17) is 29.0 Å². The fourth-order valence-corrected chi connectivity index (χ4v) is 2.24. The number of hydrogen-bond acceptors (Lipinski definition) is 8. The third-order valence-electron chi connectivity index (χ3n) is 3.76. The van der Waals surface area contributed by atoms with E-state index in [2.05, 4.69) is 6.92 Å². The van der Waals surface area contributed by atoms with Crippen molar-refractivity contribution >= 4 is 11.9 Å². The van der Waals surface area contributed by atoms with Gasteiger partial charge in [-0.15, -0.1) is 9.78 Å². The first kappa shape index (κ1) is 24.5. The molecular weight excluding hydrogens is 404 g/mol. The Hall–Kier alpha value is -2.78. The summed E-state index contributed by atoms with van der Waals surface area (Å²) in [7, 11) is 0. The highest BCUT2D eigenvalue weighted by atomic mass is 17.3. The minimum Gasteiger partial charge on any atom is -0.381 e. The van der Waals surface area contributed by atoms with Crippen LogP contribution >= 0.6 is 0 Å². The Kier molecular flexibility index (Phi) is 11.9. The first-order chi connectivity index (χ1) is 15.2. The zero-order chi connectivity index (χ0) is 22.2. The standard InChI is InChI=1S/C23H26O8/c1-2-15-26-16-9-17-27-18-14-21(28-30-22(24)19-10-5-3-6-11-19)29-31-23(25)20-12-7-4-8-13-20/h3-8,10-13H,1-2,9,14-18H2. The maximum absolute atomic E-state index is 12.0. The number of carbonyl (C=O) groups excluding carboxylic acids is 2. The molecule has 0 amide bonds. The van der Waals surface area contributed by atoms with Crippen LogP contribution in [0.1, 0.15) is 40.0 Å². The molecule has 0 unspecified atom stereocenters. The number of ether oxygens (including phenoxy) is 2. The lowest BCUT2D eigenvalue weighted by Gasteiger charge is -2.14. The van der Waals surface area contributed by atoms with Crippen molar-refractivity contribution in [1.29, 1.82) is 0 Å². The zero-order valence-electron chi connectivity index (χ0n) is 17.2. The molecule has 2 aromatic carbocycles. The van der Waals surface area contributed by atoms with Gasteiger partial charge in [-0.2, -0.15) is 0 Å². The molecule has 0 spiro atoms. The second kappa shape index (κ2) is 15.1. The number of hydrogen-bond donors (Lipinski definition) is 0. The topological polar surface area (TPSA) is 89.5 Å². The van der Waals surface area contributed by atoms with Gasteiger partial charge in [0.15, 0.2) is 0 Å². The van der Waals surface area contributed by atoms with Crippen LogP contribution in [0.2, 0.25) is 0 Å². The molecule has 0 atom stereocenters. The summed E-state index contributed by atoms with van der Waals surface area (Å²) in [6.07, 6.45) is 1.27. The summed E-state index contributed by atoms with van der Waals surface area (Å²) in [5.74, 6) is -1.45. The molecule has 8 heteroatoms. The maximum atomic E-state index is 12.0. The van der Waals surface area contributed by atoms with Crippen LogP contribution in [-0.2, 0) is 29.0 Å². The van der Waals surface area contributed by atoms with Crippen molar-refractivity contribution in [3.8, 4) is 0 Å². The summed E-state index contributed by atoms with van der Waals surface area (Å²) in [6.45, 7) is 5.52. The van der Waals surface area contributed by atoms with E-state index in [-0.39, 0.29) is 19.3 Å². The highest BCUT2D eigenvalue weighted by molar-refractivity contribution is 5.89. The number of benzene rings is 2. The molecule has 0 fully saturated rings. The molecule has 8 nitrogen and oxygen atoms in total.